The molecule has 0 saturated heterocycles. The lowest BCUT2D eigenvalue weighted by molar-refractivity contribution is -0.102. The Bertz CT molecular complexity index is 104. The largest absolute Gasteiger partial charge is 0.323 e. The number of nitrogens with zero attached hydrogens (tertiary/aromatic N) is 1. The standard InChI is InChI=1S/C5H11N3/c1-4(2)5(3-6)8-7/h3-4,6H,7H2,1-2H3/p+1. The molecule has 0 aliphatic rings. The van der Waals surface area contributed by atoms with Gasteiger partial charge in [0.25, 0.3) is 0 Å². The molecule has 0 amide bonds. The molecule has 3 nitrogen and oxygen atoms in total. The van der Waals surface area contributed by atoms with E-state index in [1.165, 1.54) is 6.21 Å². The quantitative estimate of drug-likeness (QED) is 0.264. The number of hydrogen-bond donors (Lipinski definition) is 2. The minimum atomic E-state index is 0.324. The van der Waals surface area contributed by atoms with Crippen LogP contribution in [0.25, 0.3) is 0 Å². The van der Waals surface area contributed by atoms with Gasteiger partial charge in [0, 0.05) is 5.92 Å². The van der Waals surface area contributed by atoms with E-state index in [9.17, 15) is 0 Å². The summed E-state index contributed by atoms with van der Waals surface area (Å²) >= 11 is 0. The average molecular weight is 114 g/mol. The average Bonchev–Trinajstić information content (AvgIpc) is 1.69. The van der Waals surface area contributed by atoms with Gasteiger partial charge in [-0.25, -0.2) is 0 Å². The van der Waals surface area contributed by atoms with E-state index in [2.05, 4.69) is 5.10 Å². The van der Waals surface area contributed by atoms with Crippen LogP contribution in [-0.2, 0) is 0 Å². The van der Waals surface area contributed by atoms with E-state index in [4.69, 9.17) is 11.3 Å². The smallest absolute Gasteiger partial charge is 0.183 e. The molecular formula is C5H12N3+. The van der Waals surface area contributed by atoms with Gasteiger partial charge in [0.2, 0.25) is 0 Å². The van der Waals surface area contributed by atoms with Crippen LogP contribution >= 0.6 is 0 Å². The highest BCUT2D eigenvalue weighted by molar-refractivity contribution is 6.28. The fraction of sp³-hybridized carbons (Fsp3) is 0.600. The van der Waals surface area contributed by atoms with Crippen LogP contribution in [-0.4, -0.2) is 11.9 Å². The second-order valence-corrected chi connectivity index (χ2v) is 1.88. The summed E-state index contributed by atoms with van der Waals surface area (Å²) in [5.41, 5.74) is 0.741. The highest BCUT2D eigenvalue weighted by Gasteiger charge is 2.01. The lowest BCUT2D eigenvalue weighted by Crippen LogP contribution is -2.36. The second-order valence-electron chi connectivity index (χ2n) is 1.88. The third-order valence-corrected chi connectivity index (χ3v) is 0.911. The molecule has 0 atom stereocenters. The van der Waals surface area contributed by atoms with Crippen LogP contribution in [0.4, 0.5) is 0 Å². The predicted molar refractivity (Wildman–Crippen MR) is 34.4 cm³/mol. The Balaban J connectivity index is 3.91. The van der Waals surface area contributed by atoms with Crippen molar-refractivity contribution in [2.45, 2.75) is 13.8 Å². The summed E-state index contributed by atoms with van der Waals surface area (Å²) in [6, 6.07) is 0. The van der Waals surface area contributed by atoms with Crippen molar-refractivity contribution in [2.75, 3.05) is 0 Å². The predicted octanol–water partition coefficient (Wildman–Crippen LogP) is -1.21. The molecule has 0 spiro atoms. The summed E-state index contributed by atoms with van der Waals surface area (Å²) in [7, 11) is 0. The number of nitrogens with two attached hydrogens (primary N) is 2. The molecule has 0 bridgehead atoms. The lowest BCUT2D eigenvalue weighted by atomic mass is 10.1. The SMILES string of the molecule is CC(C)C(C=[NH2+])=NN. The fourth-order valence-electron chi connectivity index (χ4n) is 0.385. The Morgan fingerprint density at radius 1 is 1.75 bits per heavy atom. The van der Waals surface area contributed by atoms with Crippen molar-refractivity contribution in [1.82, 2.24) is 0 Å². The molecule has 0 aromatic heterocycles. The van der Waals surface area contributed by atoms with E-state index in [1.54, 1.807) is 0 Å². The molecule has 0 aliphatic heterocycles. The van der Waals surface area contributed by atoms with Gasteiger partial charge in [-0.05, 0) is 0 Å². The molecular weight excluding hydrogens is 102 g/mol. The van der Waals surface area contributed by atoms with Gasteiger partial charge in [0.05, 0.1) is 0 Å². The molecule has 0 aromatic carbocycles. The van der Waals surface area contributed by atoms with Crippen molar-refractivity contribution in [3.05, 3.63) is 0 Å². The first-order valence-corrected chi connectivity index (χ1v) is 2.55. The zero-order valence-electron chi connectivity index (χ0n) is 5.26. The monoisotopic (exact) mass is 114 g/mol. The highest BCUT2D eigenvalue weighted by Crippen LogP contribution is 1.90. The molecule has 8 heavy (non-hydrogen) atoms. The first kappa shape index (κ1) is 7.14. The van der Waals surface area contributed by atoms with Crippen molar-refractivity contribution >= 4 is 11.9 Å². The Labute approximate surface area is 49.1 Å². The van der Waals surface area contributed by atoms with Crippen LogP contribution < -0.4 is 11.3 Å². The third-order valence-electron chi connectivity index (χ3n) is 0.911. The number of hydrazone groups is 1. The van der Waals surface area contributed by atoms with Gasteiger partial charge in [-0.2, -0.15) is 5.10 Å². The minimum absolute atomic E-state index is 0.324. The maximum absolute atomic E-state index is 5.15. The molecule has 3 heteroatoms. The summed E-state index contributed by atoms with van der Waals surface area (Å²) in [5.74, 6) is 5.28. The van der Waals surface area contributed by atoms with Crippen LogP contribution in [0.2, 0.25) is 0 Å². The van der Waals surface area contributed by atoms with E-state index in [1.807, 2.05) is 13.8 Å². The van der Waals surface area contributed by atoms with Gasteiger partial charge < -0.3 is 5.84 Å². The Morgan fingerprint density at radius 3 is 2.25 bits per heavy atom. The first-order chi connectivity index (χ1) is 3.72. The van der Waals surface area contributed by atoms with Crippen molar-refractivity contribution in [2.24, 2.45) is 16.9 Å². The summed E-state index contributed by atoms with van der Waals surface area (Å²) < 4.78 is 0. The second kappa shape index (κ2) is 3.18. The first-order valence-electron chi connectivity index (χ1n) is 2.55. The maximum atomic E-state index is 5.15. The Hall–Kier alpha value is -0.860. The number of hydrogen-bond acceptors (Lipinski definition) is 2. The zero-order chi connectivity index (χ0) is 6.57. The van der Waals surface area contributed by atoms with Crippen LogP contribution in [0.3, 0.4) is 0 Å². The van der Waals surface area contributed by atoms with Gasteiger partial charge in [-0.1, -0.05) is 13.8 Å². The molecule has 0 rings (SSSR count). The van der Waals surface area contributed by atoms with Crippen molar-refractivity contribution in [1.29, 1.82) is 0 Å². The van der Waals surface area contributed by atoms with Crippen LogP contribution in [0, 0.1) is 5.92 Å². The Morgan fingerprint density at radius 2 is 2.25 bits per heavy atom. The summed E-state index contributed by atoms with van der Waals surface area (Å²) in [5, 5.41) is 8.59. The molecule has 0 saturated carbocycles. The molecule has 0 heterocycles. The molecule has 0 radical (unpaired) electrons. The van der Waals surface area contributed by atoms with Gasteiger partial charge in [-0.15, -0.1) is 0 Å². The minimum Gasteiger partial charge on any atom is -0.323 e. The number of rotatable bonds is 2. The van der Waals surface area contributed by atoms with Gasteiger partial charge in [-0.3, -0.25) is 5.41 Å². The van der Waals surface area contributed by atoms with Gasteiger partial charge >= 0.3 is 0 Å². The van der Waals surface area contributed by atoms with E-state index >= 15 is 0 Å². The van der Waals surface area contributed by atoms with Crippen molar-refractivity contribution in [3.63, 3.8) is 0 Å². The molecule has 4 N–H and O–H groups in total. The molecule has 0 aliphatic carbocycles. The molecule has 46 valence electrons. The summed E-state index contributed by atoms with van der Waals surface area (Å²) in [4.78, 5) is 0. The Kier molecular flexibility index (Phi) is 2.84. The van der Waals surface area contributed by atoms with E-state index < -0.39 is 0 Å². The van der Waals surface area contributed by atoms with E-state index in [-0.39, 0.29) is 0 Å². The van der Waals surface area contributed by atoms with Crippen LogP contribution in [0.5, 0.6) is 0 Å². The molecule has 0 unspecified atom stereocenters. The highest BCUT2D eigenvalue weighted by atomic mass is 15.1. The van der Waals surface area contributed by atoms with Gasteiger partial charge in [0.1, 0.15) is 5.71 Å². The van der Waals surface area contributed by atoms with E-state index in [0.717, 1.165) is 5.71 Å². The summed E-state index contributed by atoms with van der Waals surface area (Å²) in [6.07, 6.45) is 1.42. The maximum Gasteiger partial charge on any atom is 0.183 e. The third kappa shape index (κ3) is 1.73. The lowest BCUT2D eigenvalue weighted by Gasteiger charge is -1.95. The van der Waals surface area contributed by atoms with Crippen LogP contribution in [0.15, 0.2) is 5.10 Å². The van der Waals surface area contributed by atoms with Crippen molar-refractivity contribution < 1.29 is 5.41 Å². The normalized spacial score (nSPS) is 12.1. The van der Waals surface area contributed by atoms with Crippen molar-refractivity contribution in [3.8, 4) is 0 Å². The zero-order valence-corrected chi connectivity index (χ0v) is 5.26. The van der Waals surface area contributed by atoms with Gasteiger partial charge in [0.15, 0.2) is 6.21 Å². The topological polar surface area (TPSA) is 64.0 Å². The molecule has 0 aromatic rings. The molecule has 0 fully saturated rings. The van der Waals surface area contributed by atoms with E-state index in [0.29, 0.717) is 5.92 Å². The fourth-order valence-corrected chi connectivity index (χ4v) is 0.385. The summed E-state index contributed by atoms with van der Waals surface area (Å²) in [6.45, 7) is 3.96. The van der Waals surface area contributed by atoms with Crippen LogP contribution in [0.1, 0.15) is 13.8 Å².